The Kier molecular flexibility index (Phi) is 4.92. The van der Waals surface area contributed by atoms with Gasteiger partial charge in [-0.3, -0.25) is 4.79 Å². The summed E-state index contributed by atoms with van der Waals surface area (Å²) < 4.78 is 18.8. The third-order valence-electron chi connectivity index (χ3n) is 5.25. The molecule has 4 rings (SSSR count). The Morgan fingerprint density at radius 1 is 1.23 bits per heavy atom. The Morgan fingerprint density at radius 2 is 1.97 bits per heavy atom. The van der Waals surface area contributed by atoms with E-state index in [-0.39, 0.29) is 17.0 Å². The minimum Gasteiger partial charge on any atom is -0.493 e. The van der Waals surface area contributed by atoms with Gasteiger partial charge in [-0.1, -0.05) is 12.1 Å². The first-order valence-electron chi connectivity index (χ1n) is 9.03. The topological polar surface area (TPSA) is 99.5 Å². The summed E-state index contributed by atoms with van der Waals surface area (Å²) in [6, 6.07) is 13.1. The summed E-state index contributed by atoms with van der Waals surface area (Å²) in [5, 5.41) is 10.6. The number of hydrogen-bond donors (Lipinski definition) is 1. The molecule has 0 radical (unpaired) electrons. The average Bonchev–Trinajstić information content (AvgIpc) is 2.75. The Labute approximate surface area is 181 Å². The molecule has 0 bridgehead atoms. The van der Waals surface area contributed by atoms with E-state index in [0.717, 1.165) is 5.39 Å². The third-order valence-corrected chi connectivity index (χ3v) is 5.84. The van der Waals surface area contributed by atoms with E-state index in [4.69, 9.17) is 19.9 Å². The van der Waals surface area contributed by atoms with Crippen LogP contribution in [0.5, 0.6) is 17.2 Å². The molecule has 1 aliphatic heterocycles. The molecule has 2 heterocycles. The van der Waals surface area contributed by atoms with Crippen molar-refractivity contribution >= 4 is 26.8 Å². The number of aryl methyl sites for hydroxylation is 1. The van der Waals surface area contributed by atoms with Crippen LogP contribution in [0.4, 0.5) is 0 Å². The Bertz CT molecular complexity index is 1320. The monoisotopic (exact) mass is 467 g/mol. The summed E-state index contributed by atoms with van der Waals surface area (Å²) in [7, 11) is 4.75. The van der Waals surface area contributed by atoms with Crippen molar-refractivity contribution in [2.45, 2.75) is 5.92 Å². The third kappa shape index (κ3) is 2.82. The van der Waals surface area contributed by atoms with Gasteiger partial charge in [0.25, 0.3) is 5.56 Å². The predicted molar refractivity (Wildman–Crippen MR) is 116 cm³/mol. The Hall–Kier alpha value is -3.44. The van der Waals surface area contributed by atoms with Gasteiger partial charge in [0.2, 0.25) is 5.88 Å². The normalized spacial score (nSPS) is 15.4. The number of pyridine rings is 1. The van der Waals surface area contributed by atoms with Crippen molar-refractivity contribution < 1.29 is 14.2 Å². The summed E-state index contributed by atoms with van der Waals surface area (Å²) in [5.74, 6) is 0.581. The molecule has 2 aromatic carbocycles. The second-order valence-electron chi connectivity index (χ2n) is 6.79. The highest BCUT2D eigenvalue weighted by atomic mass is 79.9. The lowest BCUT2D eigenvalue weighted by Crippen LogP contribution is -2.31. The van der Waals surface area contributed by atoms with Crippen LogP contribution in [-0.2, 0) is 7.05 Å². The number of nitrogens with two attached hydrogens (primary N) is 1. The maximum Gasteiger partial charge on any atom is 0.258 e. The van der Waals surface area contributed by atoms with Crippen LogP contribution >= 0.6 is 15.9 Å². The van der Waals surface area contributed by atoms with Crippen molar-refractivity contribution in [2.75, 3.05) is 14.2 Å². The van der Waals surface area contributed by atoms with Crippen LogP contribution in [0.2, 0.25) is 0 Å². The van der Waals surface area contributed by atoms with Crippen LogP contribution in [0.3, 0.4) is 0 Å². The molecule has 0 spiro atoms. The zero-order chi connectivity index (χ0) is 21.6. The molecule has 1 aromatic heterocycles. The van der Waals surface area contributed by atoms with Gasteiger partial charge in [-0.15, -0.1) is 0 Å². The van der Waals surface area contributed by atoms with E-state index in [1.54, 1.807) is 23.7 Å². The number of rotatable bonds is 3. The van der Waals surface area contributed by atoms with E-state index in [9.17, 15) is 10.1 Å². The van der Waals surface area contributed by atoms with Crippen LogP contribution in [0.25, 0.3) is 10.9 Å². The molecule has 0 saturated carbocycles. The number of hydrogen-bond acceptors (Lipinski definition) is 6. The number of para-hydroxylation sites is 1. The number of halogens is 1. The highest BCUT2D eigenvalue weighted by molar-refractivity contribution is 9.10. The highest BCUT2D eigenvalue weighted by Gasteiger charge is 2.36. The number of benzene rings is 2. The van der Waals surface area contributed by atoms with Crippen LogP contribution in [0.15, 0.2) is 57.1 Å². The molecule has 0 fully saturated rings. The number of fused-ring (bicyclic) bond motifs is 3. The lowest BCUT2D eigenvalue weighted by atomic mass is 9.83. The maximum atomic E-state index is 13.4. The summed E-state index contributed by atoms with van der Waals surface area (Å²) >= 11 is 3.49. The number of ether oxygens (including phenoxy) is 3. The molecule has 8 heteroatoms. The lowest BCUT2D eigenvalue weighted by Gasteiger charge is -2.28. The minimum absolute atomic E-state index is 0.0284. The van der Waals surface area contributed by atoms with Gasteiger partial charge in [0.05, 0.1) is 35.7 Å². The summed E-state index contributed by atoms with van der Waals surface area (Å²) in [4.78, 5) is 13.4. The van der Waals surface area contributed by atoms with E-state index in [2.05, 4.69) is 22.0 Å². The van der Waals surface area contributed by atoms with E-state index < -0.39 is 5.92 Å². The predicted octanol–water partition coefficient (Wildman–Crippen LogP) is 3.54. The molecular weight excluding hydrogens is 450 g/mol. The quantitative estimate of drug-likeness (QED) is 0.632. The number of nitriles is 1. The summed E-state index contributed by atoms with van der Waals surface area (Å²) in [6.07, 6.45) is 0. The molecule has 1 atom stereocenters. The maximum absolute atomic E-state index is 13.4. The largest absolute Gasteiger partial charge is 0.493 e. The Balaban J connectivity index is 2.11. The van der Waals surface area contributed by atoms with E-state index >= 15 is 0 Å². The molecule has 2 N–H and O–H groups in total. The van der Waals surface area contributed by atoms with Gasteiger partial charge in [0.1, 0.15) is 17.4 Å². The van der Waals surface area contributed by atoms with Crippen molar-refractivity contribution in [2.24, 2.45) is 12.8 Å². The van der Waals surface area contributed by atoms with Gasteiger partial charge in [0.15, 0.2) is 11.5 Å². The molecule has 3 aromatic rings. The molecule has 152 valence electrons. The zero-order valence-electron chi connectivity index (χ0n) is 16.5. The van der Waals surface area contributed by atoms with Crippen LogP contribution in [-0.4, -0.2) is 18.8 Å². The van der Waals surface area contributed by atoms with Crippen molar-refractivity contribution in [3.05, 3.63) is 73.8 Å². The number of methoxy groups -OCH3 is 2. The molecule has 30 heavy (non-hydrogen) atoms. The second-order valence-corrected chi connectivity index (χ2v) is 7.64. The summed E-state index contributed by atoms with van der Waals surface area (Å²) in [5.41, 5.74) is 7.74. The molecule has 0 amide bonds. The standard InChI is InChI=1S/C22H18BrN3O4/c1-26-15-7-5-4-6-12(15)19-18(22(26)27)17(13(10-24)21(25)30-19)11-8-14(23)20(29-3)16(9-11)28-2/h4-9,17H,25H2,1-3H3/t17-/m0/s1. The van der Waals surface area contributed by atoms with Gasteiger partial charge >= 0.3 is 0 Å². The summed E-state index contributed by atoms with van der Waals surface area (Å²) in [6.45, 7) is 0. The first kappa shape index (κ1) is 19.9. The lowest BCUT2D eigenvalue weighted by molar-refractivity contribution is 0.352. The van der Waals surface area contributed by atoms with Crippen molar-refractivity contribution in [3.8, 4) is 23.3 Å². The molecule has 1 aliphatic rings. The highest BCUT2D eigenvalue weighted by Crippen LogP contribution is 2.46. The van der Waals surface area contributed by atoms with Crippen molar-refractivity contribution in [1.82, 2.24) is 4.57 Å². The van der Waals surface area contributed by atoms with Gasteiger partial charge in [-0.2, -0.15) is 5.26 Å². The Morgan fingerprint density at radius 3 is 2.63 bits per heavy atom. The molecule has 0 saturated heterocycles. The van der Waals surface area contributed by atoms with Crippen LogP contribution in [0, 0.1) is 11.3 Å². The van der Waals surface area contributed by atoms with Crippen LogP contribution < -0.4 is 25.5 Å². The van der Waals surface area contributed by atoms with Gasteiger partial charge in [0, 0.05) is 12.4 Å². The average molecular weight is 468 g/mol. The van der Waals surface area contributed by atoms with Crippen LogP contribution in [0.1, 0.15) is 17.0 Å². The van der Waals surface area contributed by atoms with Gasteiger partial charge in [-0.25, -0.2) is 0 Å². The number of aromatic nitrogens is 1. The molecule has 0 unspecified atom stereocenters. The van der Waals surface area contributed by atoms with Gasteiger partial charge < -0.3 is 24.5 Å². The van der Waals surface area contributed by atoms with E-state index in [1.165, 1.54) is 14.2 Å². The number of allylic oxidation sites excluding steroid dienone is 1. The SMILES string of the molecule is COc1cc([C@H]2C(C#N)=C(N)Oc3c2c(=O)n(C)c2ccccc32)cc(Br)c1OC. The van der Waals surface area contributed by atoms with E-state index in [0.29, 0.717) is 38.4 Å². The first-order valence-corrected chi connectivity index (χ1v) is 9.82. The molecular formula is C22H18BrN3O4. The fourth-order valence-electron chi connectivity index (χ4n) is 3.86. The zero-order valence-corrected chi connectivity index (χ0v) is 18.1. The first-order chi connectivity index (χ1) is 14.4. The van der Waals surface area contributed by atoms with Crippen molar-refractivity contribution in [3.63, 3.8) is 0 Å². The minimum atomic E-state index is -0.724. The second kappa shape index (κ2) is 7.43. The smallest absolute Gasteiger partial charge is 0.258 e. The molecule has 7 nitrogen and oxygen atoms in total. The van der Waals surface area contributed by atoms with Crippen molar-refractivity contribution in [1.29, 1.82) is 5.26 Å². The number of nitrogens with zero attached hydrogens (tertiary/aromatic N) is 2. The fraction of sp³-hybridized carbons (Fsp3) is 0.182. The molecule has 0 aliphatic carbocycles. The fourth-order valence-corrected chi connectivity index (χ4v) is 4.49. The van der Waals surface area contributed by atoms with Gasteiger partial charge in [-0.05, 0) is 45.8 Å². The van der Waals surface area contributed by atoms with E-state index in [1.807, 2.05) is 24.3 Å².